The Bertz CT molecular complexity index is 1070. The molecule has 1 heterocycles. The van der Waals surface area contributed by atoms with Crippen molar-refractivity contribution in [3.63, 3.8) is 0 Å². The fourth-order valence-electron chi connectivity index (χ4n) is 3.41. The van der Waals surface area contributed by atoms with E-state index in [9.17, 15) is 29.7 Å². The monoisotopic (exact) mass is 490 g/mol. The average Bonchev–Trinajstić information content (AvgIpc) is 2.81. The molecule has 182 valence electrons. The number of hydrogen-bond acceptors (Lipinski definition) is 10. The summed E-state index contributed by atoms with van der Waals surface area (Å²) >= 11 is 1.20. The van der Waals surface area contributed by atoms with Crippen molar-refractivity contribution >= 4 is 29.6 Å². The first-order valence-electron chi connectivity index (χ1n) is 10.4. The van der Waals surface area contributed by atoms with Gasteiger partial charge < -0.3 is 30.1 Å². The van der Waals surface area contributed by atoms with Crippen molar-refractivity contribution in [2.45, 2.75) is 31.3 Å². The van der Waals surface area contributed by atoms with Crippen LogP contribution < -0.4 is 10.6 Å². The molecule has 3 rings (SSSR count). The van der Waals surface area contributed by atoms with E-state index in [1.165, 1.54) is 37.9 Å². The summed E-state index contributed by atoms with van der Waals surface area (Å²) in [6.45, 7) is 1.36. The molecule has 0 fully saturated rings. The molecule has 1 aliphatic heterocycles. The first-order chi connectivity index (χ1) is 16.2. The number of benzene rings is 2. The Morgan fingerprint density at radius 1 is 1.21 bits per heavy atom. The smallest absolute Gasteiger partial charge is 0.339 e. The van der Waals surface area contributed by atoms with Gasteiger partial charge in [-0.25, -0.2) is 9.59 Å². The maximum atomic E-state index is 13.0. The molecule has 0 saturated heterocycles. The van der Waals surface area contributed by atoms with Crippen molar-refractivity contribution in [2.24, 2.45) is 0 Å². The maximum absolute atomic E-state index is 13.0. The molecule has 0 aliphatic carbocycles. The van der Waals surface area contributed by atoms with E-state index in [2.05, 4.69) is 10.6 Å². The van der Waals surface area contributed by atoms with Crippen LogP contribution in [-0.2, 0) is 31.4 Å². The number of phenols is 3. The van der Waals surface area contributed by atoms with E-state index < -0.39 is 29.9 Å². The third-order valence-corrected chi connectivity index (χ3v) is 6.43. The molecule has 0 unspecified atom stereocenters. The van der Waals surface area contributed by atoms with Crippen LogP contribution in [0.25, 0.3) is 0 Å². The normalized spacial score (nSPS) is 19.1. The Morgan fingerprint density at radius 3 is 2.59 bits per heavy atom. The van der Waals surface area contributed by atoms with Crippen molar-refractivity contribution in [1.82, 2.24) is 10.6 Å². The minimum atomic E-state index is -1.02. The molecule has 34 heavy (non-hydrogen) atoms. The molecular formula is C23H26N2O8S. The summed E-state index contributed by atoms with van der Waals surface area (Å²) < 4.78 is 10.2. The topological polar surface area (TPSA) is 154 Å². The number of carbonyl (C=O) groups excluding carboxylic acids is 3. The van der Waals surface area contributed by atoms with E-state index in [1.807, 2.05) is 0 Å². The van der Waals surface area contributed by atoms with Crippen molar-refractivity contribution in [3.8, 4) is 17.2 Å². The fraction of sp³-hybridized carbons (Fsp3) is 0.348. The van der Waals surface area contributed by atoms with Crippen molar-refractivity contribution in [2.75, 3.05) is 19.5 Å². The Kier molecular flexibility index (Phi) is 8.24. The molecule has 2 atom stereocenters. The summed E-state index contributed by atoms with van der Waals surface area (Å²) in [7, 11) is 1.21. The molecular weight excluding hydrogens is 464 g/mol. The van der Waals surface area contributed by atoms with E-state index in [0.717, 1.165) is 11.6 Å². The molecule has 2 aromatic rings. The zero-order valence-electron chi connectivity index (χ0n) is 18.7. The number of ether oxygens (including phenoxy) is 2. The summed E-state index contributed by atoms with van der Waals surface area (Å²) in [4.78, 5) is 38.1. The number of fused-ring (bicyclic) bond motifs is 1. The minimum absolute atomic E-state index is 0.0119. The fourth-order valence-corrected chi connectivity index (χ4v) is 4.47. The van der Waals surface area contributed by atoms with Gasteiger partial charge in [0.05, 0.1) is 12.7 Å². The Balaban J connectivity index is 1.90. The first-order valence-corrected chi connectivity index (χ1v) is 11.6. The van der Waals surface area contributed by atoms with Crippen LogP contribution in [0.5, 0.6) is 17.2 Å². The van der Waals surface area contributed by atoms with Gasteiger partial charge in [-0.05, 0) is 24.6 Å². The summed E-state index contributed by atoms with van der Waals surface area (Å²) in [6.07, 6.45) is 0. The van der Waals surface area contributed by atoms with E-state index in [0.29, 0.717) is 0 Å². The van der Waals surface area contributed by atoms with Crippen LogP contribution in [0.4, 0.5) is 0 Å². The van der Waals surface area contributed by atoms with Crippen molar-refractivity contribution in [1.29, 1.82) is 0 Å². The highest BCUT2D eigenvalue weighted by Crippen LogP contribution is 2.35. The van der Waals surface area contributed by atoms with Gasteiger partial charge in [0.2, 0.25) is 5.91 Å². The van der Waals surface area contributed by atoms with Crippen LogP contribution in [0.2, 0.25) is 0 Å². The lowest BCUT2D eigenvalue weighted by Crippen LogP contribution is -2.53. The molecule has 1 aliphatic rings. The molecule has 1 amide bonds. The molecule has 0 bridgehead atoms. The molecule has 0 saturated carbocycles. The van der Waals surface area contributed by atoms with Gasteiger partial charge in [0.15, 0.2) is 0 Å². The van der Waals surface area contributed by atoms with Crippen LogP contribution in [0, 0.1) is 6.92 Å². The number of esters is 2. The predicted molar refractivity (Wildman–Crippen MR) is 124 cm³/mol. The number of amides is 1. The number of rotatable bonds is 4. The highest BCUT2D eigenvalue weighted by Gasteiger charge is 2.30. The van der Waals surface area contributed by atoms with Gasteiger partial charge in [-0.3, -0.25) is 10.1 Å². The minimum Gasteiger partial charge on any atom is -0.508 e. The van der Waals surface area contributed by atoms with Crippen LogP contribution in [-0.4, -0.2) is 64.7 Å². The maximum Gasteiger partial charge on any atom is 0.339 e. The number of thioether (sulfide) groups is 1. The molecule has 0 radical (unpaired) electrons. The molecule has 0 aromatic heterocycles. The van der Waals surface area contributed by atoms with E-state index in [-0.39, 0.29) is 58.6 Å². The quantitative estimate of drug-likeness (QED) is 0.397. The second kappa shape index (κ2) is 11.1. The summed E-state index contributed by atoms with van der Waals surface area (Å²) in [5.74, 6) is -2.20. The van der Waals surface area contributed by atoms with Gasteiger partial charge in [0, 0.05) is 35.2 Å². The van der Waals surface area contributed by atoms with Crippen LogP contribution in [0.15, 0.2) is 30.3 Å². The largest absolute Gasteiger partial charge is 0.508 e. The van der Waals surface area contributed by atoms with Gasteiger partial charge in [0.25, 0.3) is 0 Å². The Hall–Kier alpha value is -3.44. The Labute approximate surface area is 200 Å². The standard InChI is InChI=1S/C23H26N2O8S/c1-12-18(27)7-19(28)15-10-34-11-17(22(30)32-2)25-21(29)16(9-33-23(31)20(12)15)24-8-13-3-5-14(26)6-4-13/h3-7,16-17,24,26-28H,8-11H2,1-2H3,(H,25,29)/t16-,17-/m0/s1. The molecule has 0 spiro atoms. The van der Waals surface area contributed by atoms with Gasteiger partial charge in [-0.2, -0.15) is 11.8 Å². The number of nitrogens with one attached hydrogen (secondary N) is 2. The third kappa shape index (κ3) is 5.91. The second-order valence-corrected chi connectivity index (χ2v) is 8.72. The summed E-state index contributed by atoms with van der Waals surface area (Å²) in [5, 5.41) is 35.5. The van der Waals surface area contributed by atoms with Crippen molar-refractivity contribution < 1.29 is 39.2 Å². The summed E-state index contributed by atoms with van der Waals surface area (Å²) in [6, 6.07) is 5.49. The lowest BCUT2D eigenvalue weighted by atomic mass is 10.0. The third-order valence-electron chi connectivity index (χ3n) is 5.37. The van der Waals surface area contributed by atoms with Gasteiger partial charge in [-0.1, -0.05) is 12.1 Å². The molecule has 10 nitrogen and oxygen atoms in total. The molecule has 11 heteroatoms. The summed E-state index contributed by atoms with van der Waals surface area (Å²) in [5.41, 5.74) is 1.27. The van der Waals surface area contributed by atoms with E-state index in [4.69, 9.17) is 9.47 Å². The zero-order valence-corrected chi connectivity index (χ0v) is 19.5. The SMILES string of the molecule is COC(=O)[C@@H]1CSCc2c(O)cc(O)c(C)c2C(=O)OC[C@H](NCc2ccc(O)cc2)C(=O)N1. The van der Waals surface area contributed by atoms with Gasteiger partial charge in [0.1, 0.15) is 35.9 Å². The van der Waals surface area contributed by atoms with Gasteiger partial charge in [-0.15, -0.1) is 0 Å². The highest BCUT2D eigenvalue weighted by atomic mass is 32.2. The number of methoxy groups -OCH3 is 1. The molecule has 2 aromatic carbocycles. The second-order valence-electron chi connectivity index (χ2n) is 7.69. The van der Waals surface area contributed by atoms with E-state index in [1.54, 1.807) is 12.1 Å². The van der Waals surface area contributed by atoms with Crippen LogP contribution >= 0.6 is 11.8 Å². The van der Waals surface area contributed by atoms with Gasteiger partial charge >= 0.3 is 11.9 Å². The number of cyclic esters (lactones) is 1. The lowest BCUT2D eigenvalue weighted by Gasteiger charge is -2.24. The number of carbonyl (C=O) groups is 3. The number of aromatic hydroxyl groups is 3. The number of hydrogen-bond donors (Lipinski definition) is 5. The number of phenolic OH excluding ortho intramolecular Hbond substituents is 3. The van der Waals surface area contributed by atoms with E-state index >= 15 is 0 Å². The molecule has 5 N–H and O–H groups in total. The predicted octanol–water partition coefficient (Wildman–Crippen LogP) is 1.33. The first kappa shape index (κ1) is 25.2. The average molecular weight is 491 g/mol. The van der Waals surface area contributed by atoms with Crippen LogP contribution in [0.1, 0.15) is 27.0 Å². The van der Waals surface area contributed by atoms with Crippen molar-refractivity contribution in [3.05, 3.63) is 52.6 Å². The van der Waals surface area contributed by atoms with Crippen LogP contribution in [0.3, 0.4) is 0 Å². The Morgan fingerprint density at radius 2 is 1.91 bits per heavy atom. The zero-order chi connectivity index (χ0) is 24.8. The lowest BCUT2D eigenvalue weighted by molar-refractivity contribution is -0.144. The highest BCUT2D eigenvalue weighted by molar-refractivity contribution is 7.98.